The van der Waals surface area contributed by atoms with E-state index in [4.69, 9.17) is 10.2 Å². The average molecular weight is 856 g/mol. The van der Waals surface area contributed by atoms with Crippen LogP contribution in [0.4, 0.5) is 11.4 Å². The highest BCUT2D eigenvalue weighted by atomic mass is 127. The Hall–Kier alpha value is -1.07. The van der Waals surface area contributed by atoms with Crippen molar-refractivity contribution >= 4 is 91.0 Å². The van der Waals surface area contributed by atoms with Crippen LogP contribution in [0.2, 0.25) is 0 Å². The fourth-order valence-corrected chi connectivity index (χ4v) is 7.29. The second-order valence-corrected chi connectivity index (χ2v) is 11.0. The lowest BCUT2D eigenvalue weighted by Crippen LogP contribution is -2.35. The summed E-state index contributed by atoms with van der Waals surface area (Å²) in [5.41, 5.74) is 8.27. The summed E-state index contributed by atoms with van der Waals surface area (Å²) in [5.74, 6) is -1.02. The Bertz CT molecular complexity index is 1120. The number of carbonyl (C=O) groups is 2. The molecule has 2 aromatic rings. The lowest BCUT2D eigenvalue weighted by atomic mass is 10.1. The van der Waals surface area contributed by atoms with Gasteiger partial charge in [0.15, 0.2) is 0 Å². The molecule has 2 atom stereocenters. The minimum atomic E-state index is -1.11. The molecule has 2 rings (SSSR count). The summed E-state index contributed by atoms with van der Waals surface area (Å²) in [6.07, 6.45) is -2.22. The van der Waals surface area contributed by atoms with E-state index >= 15 is 0 Å². The van der Waals surface area contributed by atoms with Crippen LogP contribution in [0.5, 0.6) is 0 Å². The van der Waals surface area contributed by atoms with Crippen molar-refractivity contribution in [1.29, 1.82) is 0 Å². The van der Waals surface area contributed by atoms with E-state index in [2.05, 4.69) is 21.5 Å². The number of carbonyl (C=O) groups excluding carboxylic acids is 2. The predicted octanol–water partition coefficient (Wildman–Crippen LogP) is 0.0900. The summed E-state index contributed by atoms with van der Waals surface area (Å²) in [7, 11) is 0. The first kappa shape index (κ1) is 32.1. The van der Waals surface area contributed by atoms with E-state index in [0.29, 0.717) is 33.2 Å². The van der Waals surface area contributed by atoms with E-state index in [1.807, 2.05) is 67.8 Å². The van der Waals surface area contributed by atoms with Gasteiger partial charge in [-0.2, -0.15) is 0 Å². The van der Waals surface area contributed by atoms with E-state index in [0.717, 1.165) is 0 Å². The fourth-order valence-electron chi connectivity index (χ4n) is 3.03. The van der Waals surface area contributed by atoms with Crippen LogP contribution >= 0.6 is 67.8 Å². The van der Waals surface area contributed by atoms with Gasteiger partial charge in [-0.15, -0.1) is 0 Å². The molecule has 15 heteroatoms. The number of benzene rings is 2. The maximum absolute atomic E-state index is 12.9. The molecular formula is C22H27I3N4O8. The highest BCUT2D eigenvalue weighted by Gasteiger charge is 2.24. The van der Waals surface area contributed by atoms with Gasteiger partial charge in [-0.05, 0) is 91.5 Å². The molecular weight excluding hydrogens is 829 g/mol. The van der Waals surface area contributed by atoms with Crippen molar-refractivity contribution in [2.75, 3.05) is 37.2 Å². The number of anilines is 2. The van der Waals surface area contributed by atoms with Crippen molar-refractivity contribution in [3.63, 3.8) is 0 Å². The summed E-state index contributed by atoms with van der Waals surface area (Å²) in [6, 6.07) is 4.60. The zero-order chi connectivity index (χ0) is 27.7. The monoisotopic (exact) mass is 856 g/mol. The van der Waals surface area contributed by atoms with Gasteiger partial charge in [0.1, 0.15) is 0 Å². The second-order valence-electron chi connectivity index (χ2n) is 7.75. The molecule has 2 aromatic carbocycles. The first-order valence-electron chi connectivity index (χ1n) is 10.8. The molecule has 0 fully saturated rings. The normalized spacial score (nSPS) is 12.6. The number of amides is 2. The Morgan fingerprint density at radius 2 is 1.35 bits per heavy atom. The topological polar surface area (TPSA) is 204 Å². The van der Waals surface area contributed by atoms with Crippen LogP contribution < -0.4 is 21.5 Å². The quantitative estimate of drug-likeness (QED) is 0.0973. The highest BCUT2D eigenvalue weighted by Crippen LogP contribution is 2.36. The van der Waals surface area contributed by atoms with Gasteiger partial charge in [0.2, 0.25) is 0 Å². The Morgan fingerprint density at radius 3 is 1.89 bits per heavy atom. The molecule has 0 aliphatic rings. The number of rotatable bonds is 13. The minimum absolute atomic E-state index is 0.150. The number of nitrogens with one attached hydrogen (secondary N) is 4. The van der Waals surface area contributed by atoms with Crippen molar-refractivity contribution in [3.05, 3.63) is 51.2 Å². The standard InChI is InChI=1S/C22H27I3N4O8/c23-17-15(9-33)18(24)20(19(25)16(17)22(37)27-5-14(35)8-32)29-28-12-2-10(6-30)1-11(3-12)21(36)26-4-13(34)7-31/h1-3,13-14,28-35H,4-9H2,(H,26,36)(H,27,37). The average Bonchev–Trinajstić information content (AvgIpc) is 2.89. The molecule has 0 bridgehead atoms. The van der Waals surface area contributed by atoms with Gasteiger partial charge in [-0.3, -0.25) is 15.0 Å². The van der Waals surface area contributed by atoms with Crippen molar-refractivity contribution in [2.45, 2.75) is 25.4 Å². The first-order chi connectivity index (χ1) is 17.6. The SMILES string of the molecule is O=C(NCC(O)CO)c1cc(CO)cc(NNc2c(I)c(CO)c(I)c(C(=O)NCC(O)CO)c2I)c1. The fraction of sp³-hybridized carbons (Fsp3) is 0.364. The number of aliphatic hydroxyl groups is 6. The molecule has 2 amide bonds. The van der Waals surface area contributed by atoms with Crippen LogP contribution in [-0.4, -0.2) is 81.0 Å². The van der Waals surface area contributed by atoms with Crippen molar-refractivity contribution in [3.8, 4) is 0 Å². The van der Waals surface area contributed by atoms with Gasteiger partial charge in [0.25, 0.3) is 11.8 Å². The van der Waals surface area contributed by atoms with Crippen molar-refractivity contribution in [2.24, 2.45) is 0 Å². The van der Waals surface area contributed by atoms with Crippen LogP contribution in [0, 0.1) is 10.7 Å². The molecule has 37 heavy (non-hydrogen) atoms. The van der Waals surface area contributed by atoms with Gasteiger partial charge in [-0.25, -0.2) is 0 Å². The highest BCUT2D eigenvalue weighted by molar-refractivity contribution is 14.1. The molecule has 0 radical (unpaired) electrons. The number of hydrogen-bond donors (Lipinski definition) is 10. The van der Waals surface area contributed by atoms with E-state index in [1.54, 1.807) is 6.07 Å². The number of aliphatic hydroxyl groups excluding tert-OH is 6. The van der Waals surface area contributed by atoms with Crippen LogP contribution in [0.25, 0.3) is 0 Å². The van der Waals surface area contributed by atoms with Crippen LogP contribution in [0.15, 0.2) is 18.2 Å². The zero-order valence-electron chi connectivity index (χ0n) is 19.3. The lowest BCUT2D eigenvalue weighted by molar-refractivity contribution is 0.0798. The van der Waals surface area contributed by atoms with Gasteiger partial charge in [-0.1, -0.05) is 0 Å². The van der Waals surface area contributed by atoms with E-state index < -0.39 is 37.2 Å². The Morgan fingerprint density at radius 1 is 0.757 bits per heavy atom. The Kier molecular flexibility index (Phi) is 13.5. The predicted molar refractivity (Wildman–Crippen MR) is 161 cm³/mol. The summed E-state index contributed by atoms with van der Waals surface area (Å²) in [5, 5.41) is 61.6. The summed E-state index contributed by atoms with van der Waals surface area (Å²) in [6.45, 7) is -1.99. The van der Waals surface area contributed by atoms with Crippen LogP contribution in [0.3, 0.4) is 0 Å². The van der Waals surface area contributed by atoms with Gasteiger partial charge in [0.05, 0.1) is 59.1 Å². The number of halogens is 3. The molecule has 0 aromatic heterocycles. The minimum Gasteiger partial charge on any atom is -0.394 e. The molecule has 12 nitrogen and oxygen atoms in total. The van der Waals surface area contributed by atoms with E-state index in [9.17, 15) is 30.0 Å². The van der Waals surface area contributed by atoms with Crippen molar-refractivity contribution in [1.82, 2.24) is 10.6 Å². The van der Waals surface area contributed by atoms with E-state index in [1.165, 1.54) is 12.1 Å². The third kappa shape index (κ3) is 8.71. The zero-order valence-corrected chi connectivity index (χ0v) is 25.7. The molecule has 0 aliphatic carbocycles. The lowest BCUT2D eigenvalue weighted by Gasteiger charge is -2.21. The smallest absolute Gasteiger partial charge is 0.253 e. The van der Waals surface area contributed by atoms with Gasteiger partial charge >= 0.3 is 0 Å². The van der Waals surface area contributed by atoms with E-state index in [-0.39, 0.29) is 37.4 Å². The number of hydrogen-bond acceptors (Lipinski definition) is 10. The molecule has 2 unspecified atom stereocenters. The van der Waals surface area contributed by atoms with Gasteiger partial charge < -0.3 is 46.7 Å². The molecule has 0 aliphatic heterocycles. The first-order valence-corrected chi connectivity index (χ1v) is 14.0. The van der Waals surface area contributed by atoms with Crippen molar-refractivity contribution < 1.29 is 40.2 Å². The van der Waals surface area contributed by atoms with Crippen LogP contribution in [0.1, 0.15) is 31.8 Å². The third-order valence-corrected chi connectivity index (χ3v) is 8.44. The Labute approximate surface area is 253 Å². The maximum Gasteiger partial charge on any atom is 0.253 e. The molecule has 0 spiro atoms. The summed E-state index contributed by atoms with van der Waals surface area (Å²) in [4.78, 5) is 25.4. The maximum atomic E-state index is 12.9. The third-order valence-electron chi connectivity index (χ3n) is 4.98. The van der Waals surface area contributed by atoms with Crippen LogP contribution in [-0.2, 0) is 13.2 Å². The molecule has 204 valence electrons. The number of hydrazine groups is 1. The second kappa shape index (κ2) is 15.5. The molecule has 0 saturated carbocycles. The largest absolute Gasteiger partial charge is 0.394 e. The van der Waals surface area contributed by atoms with Gasteiger partial charge in [0, 0.05) is 31.4 Å². The molecule has 0 saturated heterocycles. The summed E-state index contributed by atoms with van der Waals surface area (Å²) < 4.78 is 1.69. The molecule has 10 N–H and O–H groups in total. The molecule has 0 heterocycles. The Balaban J connectivity index is 2.36. The summed E-state index contributed by atoms with van der Waals surface area (Å²) >= 11 is 6.00.